The van der Waals surface area contributed by atoms with Gasteiger partial charge in [-0.25, -0.2) is 5.43 Å². The van der Waals surface area contributed by atoms with Gasteiger partial charge in [-0.1, -0.05) is 17.7 Å². The smallest absolute Gasteiger partial charge is 0.245 e. The number of hydrazone groups is 1. The van der Waals surface area contributed by atoms with Crippen molar-refractivity contribution in [2.24, 2.45) is 11.0 Å². The Kier molecular flexibility index (Phi) is 6.56. The lowest BCUT2D eigenvalue weighted by Gasteiger charge is -2.16. The van der Waals surface area contributed by atoms with E-state index in [1.54, 1.807) is 17.0 Å². The van der Waals surface area contributed by atoms with E-state index in [9.17, 15) is 9.59 Å². The van der Waals surface area contributed by atoms with E-state index in [-0.39, 0.29) is 18.2 Å². The number of rotatable bonds is 7. The first-order valence-electron chi connectivity index (χ1n) is 9.46. The van der Waals surface area contributed by atoms with Crippen LogP contribution in [0, 0.1) is 12.8 Å². The molecule has 1 saturated heterocycles. The normalized spacial score (nSPS) is 16.1. The van der Waals surface area contributed by atoms with E-state index in [0.717, 1.165) is 11.3 Å². The zero-order valence-corrected chi connectivity index (χ0v) is 17.5. The van der Waals surface area contributed by atoms with Crippen LogP contribution in [-0.2, 0) is 9.59 Å². The summed E-state index contributed by atoms with van der Waals surface area (Å²) in [5, 5.41) is 4.02. The molecule has 8 nitrogen and oxygen atoms in total. The van der Waals surface area contributed by atoms with Crippen LogP contribution in [-0.4, -0.2) is 45.9 Å². The van der Waals surface area contributed by atoms with Gasteiger partial charge in [0, 0.05) is 24.2 Å². The molecule has 8 heteroatoms. The molecule has 2 amide bonds. The van der Waals surface area contributed by atoms with Crippen LogP contribution in [0.4, 0.5) is 5.69 Å². The molecule has 3 rings (SSSR count). The van der Waals surface area contributed by atoms with Crippen molar-refractivity contribution < 1.29 is 23.8 Å². The van der Waals surface area contributed by atoms with Crippen molar-refractivity contribution in [2.75, 3.05) is 32.8 Å². The molecule has 0 saturated carbocycles. The van der Waals surface area contributed by atoms with Crippen molar-refractivity contribution in [3.63, 3.8) is 0 Å². The highest BCUT2D eigenvalue weighted by Gasteiger charge is 2.35. The second-order valence-corrected chi connectivity index (χ2v) is 6.93. The molecule has 2 aromatic carbocycles. The van der Waals surface area contributed by atoms with Crippen LogP contribution in [0.1, 0.15) is 17.5 Å². The topological polar surface area (TPSA) is 89.5 Å². The van der Waals surface area contributed by atoms with Crippen LogP contribution in [0.15, 0.2) is 41.5 Å². The van der Waals surface area contributed by atoms with Gasteiger partial charge in [0.05, 0.1) is 33.5 Å². The lowest BCUT2D eigenvalue weighted by Crippen LogP contribution is -2.30. The van der Waals surface area contributed by atoms with Crippen LogP contribution in [0.5, 0.6) is 17.2 Å². The predicted octanol–water partition coefficient (Wildman–Crippen LogP) is 2.52. The zero-order chi connectivity index (χ0) is 21.7. The molecule has 0 aromatic heterocycles. The quantitative estimate of drug-likeness (QED) is 0.559. The van der Waals surface area contributed by atoms with Gasteiger partial charge >= 0.3 is 0 Å². The largest absolute Gasteiger partial charge is 0.493 e. The maximum atomic E-state index is 12.5. The van der Waals surface area contributed by atoms with Crippen molar-refractivity contribution in [3.8, 4) is 17.2 Å². The molecular weight excluding hydrogens is 386 g/mol. The van der Waals surface area contributed by atoms with Gasteiger partial charge in [-0.05, 0) is 31.2 Å². The summed E-state index contributed by atoms with van der Waals surface area (Å²) in [7, 11) is 4.57. The van der Waals surface area contributed by atoms with Crippen LogP contribution >= 0.6 is 0 Å². The fourth-order valence-corrected chi connectivity index (χ4v) is 3.30. The number of hydrogen-bond acceptors (Lipinski definition) is 6. The summed E-state index contributed by atoms with van der Waals surface area (Å²) in [5.41, 5.74) is 5.08. The number of anilines is 1. The average Bonchev–Trinajstić information content (AvgIpc) is 3.15. The summed E-state index contributed by atoms with van der Waals surface area (Å²) in [4.78, 5) is 26.5. The molecule has 1 atom stereocenters. The molecule has 1 heterocycles. The highest BCUT2D eigenvalue weighted by molar-refractivity contribution is 6.00. The minimum atomic E-state index is -0.462. The number of carbonyl (C=O) groups excluding carboxylic acids is 2. The lowest BCUT2D eigenvalue weighted by molar-refractivity contribution is -0.126. The molecule has 1 aliphatic rings. The number of hydrogen-bond donors (Lipinski definition) is 1. The van der Waals surface area contributed by atoms with Crippen LogP contribution in [0.2, 0.25) is 0 Å². The number of amides is 2. The number of carbonyl (C=O) groups is 2. The van der Waals surface area contributed by atoms with E-state index < -0.39 is 5.92 Å². The molecule has 158 valence electrons. The third-order valence-corrected chi connectivity index (χ3v) is 4.92. The maximum Gasteiger partial charge on any atom is 0.245 e. The fraction of sp³-hybridized carbons (Fsp3) is 0.318. The Morgan fingerprint density at radius 2 is 1.73 bits per heavy atom. The molecular formula is C22H25N3O5. The van der Waals surface area contributed by atoms with E-state index in [4.69, 9.17) is 14.2 Å². The molecule has 1 fully saturated rings. The second-order valence-electron chi connectivity index (χ2n) is 6.93. The molecule has 1 N–H and O–H groups in total. The molecule has 0 aliphatic carbocycles. The van der Waals surface area contributed by atoms with Crippen molar-refractivity contribution >= 4 is 23.7 Å². The van der Waals surface area contributed by atoms with E-state index >= 15 is 0 Å². The summed E-state index contributed by atoms with van der Waals surface area (Å²) in [6.45, 7) is 2.31. The Balaban J connectivity index is 1.65. The van der Waals surface area contributed by atoms with E-state index in [1.807, 2.05) is 31.2 Å². The number of methoxy groups -OCH3 is 3. The van der Waals surface area contributed by atoms with Crippen molar-refractivity contribution in [2.45, 2.75) is 13.3 Å². The van der Waals surface area contributed by atoms with E-state index in [0.29, 0.717) is 29.4 Å². The Labute approximate surface area is 175 Å². The molecule has 0 spiro atoms. The molecule has 30 heavy (non-hydrogen) atoms. The minimum Gasteiger partial charge on any atom is -0.493 e. The highest BCUT2D eigenvalue weighted by atomic mass is 16.5. The first-order chi connectivity index (χ1) is 14.5. The lowest BCUT2D eigenvalue weighted by atomic mass is 10.1. The first kappa shape index (κ1) is 21.2. The van der Waals surface area contributed by atoms with Gasteiger partial charge in [0.2, 0.25) is 17.6 Å². The third-order valence-electron chi connectivity index (χ3n) is 4.92. The van der Waals surface area contributed by atoms with Crippen molar-refractivity contribution in [1.82, 2.24) is 5.43 Å². The van der Waals surface area contributed by atoms with Gasteiger partial charge in [-0.15, -0.1) is 0 Å². The second kappa shape index (κ2) is 9.30. The number of nitrogens with zero attached hydrogens (tertiary/aromatic N) is 2. The summed E-state index contributed by atoms with van der Waals surface area (Å²) in [5.74, 6) is 0.603. The van der Waals surface area contributed by atoms with Crippen LogP contribution in [0.3, 0.4) is 0 Å². The third kappa shape index (κ3) is 4.53. The van der Waals surface area contributed by atoms with E-state index in [1.165, 1.54) is 27.5 Å². The number of benzene rings is 2. The van der Waals surface area contributed by atoms with Gasteiger partial charge in [-0.3, -0.25) is 9.59 Å². The summed E-state index contributed by atoms with van der Waals surface area (Å²) >= 11 is 0. The van der Waals surface area contributed by atoms with Gasteiger partial charge < -0.3 is 19.1 Å². The summed E-state index contributed by atoms with van der Waals surface area (Å²) in [6, 6.07) is 11.1. The summed E-state index contributed by atoms with van der Waals surface area (Å²) < 4.78 is 15.9. The summed E-state index contributed by atoms with van der Waals surface area (Å²) in [6.07, 6.45) is 1.64. The Bertz CT molecular complexity index is 931. The van der Waals surface area contributed by atoms with Gasteiger partial charge in [0.1, 0.15) is 0 Å². The fourth-order valence-electron chi connectivity index (χ4n) is 3.30. The Morgan fingerprint density at radius 3 is 2.30 bits per heavy atom. The monoisotopic (exact) mass is 411 g/mol. The number of aryl methyl sites for hydroxylation is 1. The number of ether oxygens (including phenoxy) is 3. The molecule has 0 unspecified atom stereocenters. The van der Waals surface area contributed by atoms with E-state index in [2.05, 4.69) is 10.5 Å². The molecule has 0 bridgehead atoms. The SMILES string of the molecule is COc1cc(/C=N/NC(=O)[C@H]2CC(=O)N(c3ccc(C)cc3)C2)cc(OC)c1OC. The minimum absolute atomic E-state index is 0.0763. The zero-order valence-electron chi connectivity index (χ0n) is 17.5. The van der Waals surface area contributed by atoms with Gasteiger partial charge in [-0.2, -0.15) is 5.10 Å². The Hall–Kier alpha value is -3.55. The number of nitrogens with one attached hydrogen (secondary N) is 1. The highest BCUT2D eigenvalue weighted by Crippen LogP contribution is 2.37. The van der Waals surface area contributed by atoms with Crippen LogP contribution < -0.4 is 24.5 Å². The Morgan fingerprint density at radius 1 is 1.10 bits per heavy atom. The maximum absolute atomic E-state index is 12.5. The standard InChI is InChI=1S/C22H25N3O5/c1-14-5-7-17(8-6-14)25-13-16(11-20(25)26)22(27)24-23-12-15-9-18(28-2)21(30-4)19(10-15)29-3/h5-10,12,16H,11,13H2,1-4H3,(H,24,27)/b23-12+/t16-/m0/s1. The first-order valence-corrected chi connectivity index (χ1v) is 9.46. The van der Waals surface area contributed by atoms with Crippen molar-refractivity contribution in [1.29, 1.82) is 0 Å². The molecule has 2 aromatic rings. The molecule has 0 radical (unpaired) electrons. The van der Waals surface area contributed by atoms with Gasteiger partial charge in [0.25, 0.3) is 0 Å². The predicted molar refractivity (Wildman–Crippen MR) is 113 cm³/mol. The van der Waals surface area contributed by atoms with Gasteiger partial charge in [0.15, 0.2) is 11.5 Å². The molecule has 1 aliphatic heterocycles. The van der Waals surface area contributed by atoms with Crippen LogP contribution in [0.25, 0.3) is 0 Å². The van der Waals surface area contributed by atoms with Crippen molar-refractivity contribution in [3.05, 3.63) is 47.5 Å². The average molecular weight is 411 g/mol.